The largest absolute Gasteiger partial charge is 0.476 e. The maximum atomic E-state index is 12.1. The second-order valence-corrected chi connectivity index (χ2v) is 15.2. The van der Waals surface area contributed by atoms with Gasteiger partial charge in [-0.2, -0.15) is 14.9 Å². The SMILES string of the molecule is CN(C)/C=N/C(=O)c1ccc(-c2ccc(-c3nn(COCC[Si](C)(C)C)nc3C(=O)O)cc2)cc1. The van der Waals surface area contributed by atoms with Gasteiger partial charge >= 0.3 is 5.97 Å². The van der Waals surface area contributed by atoms with Gasteiger partial charge in [0.15, 0.2) is 12.4 Å². The van der Waals surface area contributed by atoms with Crippen LogP contribution in [-0.4, -0.2) is 72.0 Å². The van der Waals surface area contributed by atoms with Crippen LogP contribution in [0.25, 0.3) is 22.4 Å². The van der Waals surface area contributed by atoms with Crippen LogP contribution in [0, 0.1) is 0 Å². The summed E-state index contributed by atoms with van der Waals surface area (Å²) in [5.41, 5.74) is 3.15. The summed E-state index contributed by atoms with van der Waals surface area (Å²) in [5, 5.41) is 18.1. The number of nitrogens with zero attached hydrogens (tertiary/aromatic N) is 5. The summed E-state index contributed by atoms with van der Waals surface area (Å²) >= 11 is 0. The molecular formula is C25H31N5O4Si. The summed E-state index contributed by atoms with van der Waals surface area (Å²) in [7, 11) is 2.38. The first kappa shape index (κ1) is 26.0. The van der Waals surface area contributed by atoms with Crippen LogP contribution in [0.1, 0.15) is 20.8 Å². The molecule has 0 fully saturated rings. The van der Waals surface area contributed by atoms with Crippen molar-refractivity contribution in [3.05, 3.63) is 59.8 Å². The van der Waals surface area contributed by atoms with E-state index < -0.39 is 14.0 Å². The van der Waals surface area contributed by atoms with Gasteiger partial charge in [0.05, 0.1) is 6.34 Å². The van der Waals surface area contributed by atoms with Gasteiger partial charge in [-0.1, -0.05) is 56.0 Å². The molecule has 0 spiro atoms. The number of rotatable bonds is 10. The van der Waals surface area contributed by atoms with Gasteiger partial charge in [0.1, 0.15) is 5.69 Å². The molecule has 0 unspecified atom stereocenters. The van der Waals surface area contributed by atoms with Gasteiger partial charge in [-0.3, -0.25) is 4.79 Å². The van der Waals surface area contributed by atoms with E-state index in [0.29, 0.717) is 17.7 Å². The van der Waals surface area contributed by atoms with E-state index in [1.165, 1.54) is 11.1 Å². The third-order valence-electron chi connectivity index (χ3n) is 5.09. The smallest absolute Gasteiger partial charge is 0.358 e. The van der Waals surface area contributed by atoms with E-state index in [1.807, 2.05) is 36.4 Å². The first-order chi connectivity index (χ1) is 16.5. The number of ether oxygens (including phenoxy) is 1. The third kappa shape index (κ3) is 7.43. The van der Waals surface area contributed by atoms with Crippen LogP contribution in [0.15, 0.2) is 53.5 Å². The van der Waals surface area contributed by atoms with Crippen molar-refractivity contribution in [2.75, 3.05) is 20.7 Å². The Balaban J connectivity index is 1.74. The van der Waals surface area contributed by atoms with Crippen molar-refractivity contribution in [2.45, 2.75) is 32.4 Å². The lowest BCUT2D eigenvalue weighted by molar-refractivity contribution is 0.0643. The fourth-order valence-corrected chi connectivity index (χ4v) is 3.89. The fourth-order valence-electron chi connectivity index (χ4n) is 3.14. The predicted molar refractivity (Wildman–Crippen MR) is 138 cm³/mol. The number of carbonyl (C=O) groups is 2. The van der Waals surface area contributed by atoms with Crippen LogP contribution in [-0.2, 0) is 11.5 Å². The molecule has 1 heterocycles. The zero-order chi connectivity index (χ0) is 25.6. The molecule has 0 saturated carbocycles. The van der Waals surface area contributed by atoms with Crippen molar-refractivity contribution < 1.29 is 19.4 Å². The number of aromatic nitrogens is 3. The molecule has 1 amide bonds. The number of hydrogen-bond acceptors (Lipinski definition) is 5. The molecule has 0 saturated heterocycles. The molecule has 35 heavy (non-hydrogen) atoms. The van der Waals surface area contributed by atoms with Gasteiger partial charge in [-0.15, -0.1) is 5.10 Å². The van der Waals surface area contributed by atoms with Crippen molar-refractivity contribution >= 4 is 26.3 Å². The number of amides is 1. The van der Waals surface area contributed by atoms with Crippen molar-refractivity contribution in [1.29, 1.82) is 0 Å². The van der Waals surface area contributed by atoms with Crippen molar-refractivity contribution in [1.82, 2.24) is 19.9 Å². The first-order valence-electron chi connectivity index (χ1n) is 11.3. The lowest BCUT2D eigenvalue weighted by atomic mass is 10.0. The van der Waals surface area contributed by atoms with Crippen molar-refractivity contribution in [3.8, 4) is 22.4 Å². The maximum Gasteiger partial charge on any atom is 0.358 e. The predicted octanol–water partition coefficient (Wildman–Crippen LogP) is 4.35. The van der Waals surface area contributed by atoms with Gasteiger partial charge < -0.3 is 14.7 Å². The van der Waals surface area contributed by atoms with E-state index in [4.69, 9.17) is 4.74 Å². The second kappa shape index (κ2) is 11.2. The molecule has 0 radical (unpaired) electrons. The minimum atomic E-state index is -1.22. The number of hydrogen-bond donors (Lipinski definition) is 1. The molecular weight excluding hydrogens is 462 g/mol. The summed E-state index contributed by atoms with van der Waals surface area (Å²) in [6.07, 6.45) is 1.47. The maximum absolute atomic E-state index is 12.1. The van der Waals surface area contributed by atoms with Gasteiger partial charge in [0.2, 0.25) is 0 Å². The van der Waals surface area contributed by atoms with Gasteiger partial charge in [-0.05, 0) is 29.3 Å². The molecule has 3 aromatic rings. The summed E-state index contributed by atoms with van der Waals surface area (Å²) in [5.74, 6) is -1.45. The van der Waals surface area contributed by atoms with Crippen LogP contribution in [0.3, 0.4) is 0 Å². The summed E-state index contributed by atoms with van der Waals surface area (Å²) in [6.45, 7) is 7.49. The van der Waals surface area contributed by atoms with E-state index in [-0.39, 0.29) is 24.0 Å². The van der Waals surface area contributed by atoms with E-state index in [1.54, 1.807) is 31.1 Å². The third-order valence-corrected chi connectivity index (χ3v) is 6.79. The molecule has 0 atom stereocenters. The van der Waals surface area contributed by atoms with Gasteiger partial charge in [-0.25, -0.2) is 4.79 Å². The second-order valence-electron chi connectivity index (χ2n) is 9.59. The number of aromatic carboxylic acids is 1. The summed E-state index contributed by atoms with van der Waals surface area (Å²) in [4.78, 5) is 30.7. The summed E-state index contributed by atoms with van der Waals surface area (Å²) < 4.78 is 5.65. The molecule has 0 aliphatic carbocycles. The van der Waals surface area contributed by atoms with Gasteiger partial charge in [0.25, 0.3) is 5.91 Å². The molecule has 3 rings (SSSR count). The Hall–Kier alpha value is -3.63. The normalized spacial score (nSPS) is 11.7. The van der Waals surface area contributed by atoms with Crippen LogP contribution in [0.4, 0.5) is 0 Å². The topological polar surface area (TPSA) is 110 Å². The van der Waals surface area contributed by atoms with E-state index in [9.17, 15) is 14.7 Å². The monoisotopic (exact) mass is 493 g/mol. The molecule has 1 aromatic heterocycles. The fraction of sp³-hybridized carbons (Fsp3) is 0.320. The summed E-state index contributed by atoms with van der Waals surface area (Å²) in [6, 6.07) is 15.5. The van der Waals surface area contributed by atoms with Crippen molar-refractivity contribution in [2.24, 2.45) is 4.99 Å². The Morgan fingerprint density at radius 1 is 1.00 bits per heavy atom. The Morgan fingerprint density at radius 3 is 2.11 bits per heavy atom. The van der Waals surface area contributed by atoms with Crippen LogP contribution >= 0.6 is 0 Å². The highest BCUT2D eigenvalue weighted by molar-refractivity contribution is 6.76. The first-order valence-corrected chi connectivity index (χ1v) is 15.0. The number of carbonyl (C=O) groups excluding carboxylic acids is 1. The lowest BCUT2D eigenvalue weighted by Crippen LogP contribution is -2.22. The highest BCUT2D eigenvalue weighted by Gasteiger charge is 2.20. The highest BCUT2D eigenvalue weighted by atomic mass is 28.3. The van der Waals surface area contributed by atoms with Crippen LogP contribution in [0.5, 0.6) is 0 Å². The van der Waals surface area contributed by atoms with Gasteiger partial charge in [0, 0.05) is 39.9 Å². The Labute approximate surface area is 206 Å². The Kier molecular flexibility index (Phi) is 8.31. The average Bonchev–Trinajstić information content (AvgIpc) is 3.24. The van der Waals surface area contributed by atoms with Crippen molar-refractivity contribution in [3.63, 3.8) is 0 Å². The number of benzene rings is 2. The molecule has 184 valence electrons. The molecule has 2 aromatic carbocycles. The van der Waals surface area contributed by atoms with Crippen LogP contribution < -0.4 is 0 Å². The number of carboxylic acids is 1. The molecule has 0 aliphatic heterocycles. The Morgan fingerprint density at radius 2 is 1.57 bits per heavy atom. The molecule has 0 bridgehead atoms. The zero-order valence-electron chi connectivity index (χ0n) is 20.7. The number of aliphatic imine (C=N–C) groups is 1. The quantitative estimate of drug-likeness (QED) is 0.193. The minimum absolute atomic E-state index is 0.104. The minimum Gasteiger partial charge on any atom is -0.476 e. The zero-order valence-corrected chi connectivity index (χ0v) is 21.7. The molecule has 9 nitrogen and oxygen atoms in total. The number of carboxylic acid groups (broad SMARTS) is 1. The average molecular weight is 494 g/mol. The van der Waals surface area contributed by atoms with E-state index in [2.05, 4.69) is 34.8 Å². The van der Waals surface area contributed by atoms with E-state index >= 15 is 0 Å². The molecule has 0 aliphatic rings. The Bertz CT molecular complexity index is 1200. The molecule has 10 heteroatoms. The van der Waals surface area contributed by atoms with Crippen LogP contribution in [0.2, 0.25) is 25.7 Å². The van der Waals surface area contributed by atoms with E-state index in [0.717, 1.165) is 17.2 Å². The standard InChI is InChI=1S/C25H31N5O4Si/c1-29(2)16-26-24(31)21-12-8-19(9-13-21)18-6-10-20(11-7-18)22-23(25(32)33)28-30(27-22)17-34-14-15-35(3,4)5/h6-13,16H,14-15,17H2,1-5H3,(H,32,33)/b26-16+. The lowest BCUT2D eigenvalue weighted by Gasteiger charge is -2.14. The molecule has 1 N–H and O–H groups in total. The highest BCUT2D eigenvalue weighted by Crippen LogP contribution is 2.26.